The van der Waals surface area contributed by atoms with Crippen LogP contribution in [-0.2, 0) is 25.5 Å². The first kappa shape index (κ1) is 18.5. The Labute approximate surface area is 160 Å². The molecule has 1 saturated heterocycles. The van der Waals surface area contributed by atoms with Crippen LogP contribution in [0.3, 0.4) is 0 Å². The lowest BCUT2D eigenvalue weighted by Crippen LogP contribution is -2.47. The zero-order valence-electron chi connectivity index (χ0n) is 14.2. The van der Waals surface area contributed by atoms with Crippen molar-refractivity contribution in [1.29, 1.82) is 0 Å². The summed E-state index contributed by atoms with van der Waals surface area (Å²) in [6.45, 7) is 0.511. The SMILES string of the molecule is CN1CC(=O)OB(c2ccc(OCc3cccc(Br)c3)cc2)OC(=O)C1. The van der Waals surface area contributed by atoms with E-state index < -0.39 is 19.1 Å². The lowest BCUT2D eigenvalue weighted by molar-refractivity contribution is -0.145. The van der Waals surface area contributed by atoms with Crippen LogP contribution in [0.1, 0.15) is 5.56 Å². The molecule has 8 heteroatoms. The summed E-state index contributed by atoms with van der Waals surface area (Å²) in [5.41, 5.74) is 1.61. The molecule has 0 saturated carbocycles. The Bertz CT molecular complexity index is 778. The van der Waals surface area contributed by atoms with Gasteiger partial charge in [0.25, 0.3) is 0 Å². The highest BCUT2D eigenvalue weighted by atomic mass is 79.9. The van der Waals surface area contributed by atoms with Crippen LogP contribution in [0.4, 0.5) is 0 Å². The number of nitrogens with zero attached hydrogens (tertiary/aromatic N) is 1. The molecule has 1 aliphatic heterocycles. The van der Waals surface area contributed by atoms with Gasteiger partial charge in [-0.1, -0.05) is 40.2 Å². The number of hydrogen-bond acceptors (Lipinski definition) is 6. The monoisotopic (exact) mass is 417 g/mol. The van der Waals surface area contributed by atoms with E-state index in [0.29, 0.717) is 17.8 Å². The van der Waals surface area contributed by atoms with E-state index >= 15 is 0 Å². The maximum atomic E-state index is 11.8. The van der Waals surface area contributed by atoms with Crippen molar-refractivity contribution in [3.63, 3.8) is 0 Å². The minimum atomic E-state index is -1.04. The molecule has 134 valence electrons. The van der Waals surface area contributed by atoms with Crippen LogP contribution in [0, 0.1) is 0 Å². The van der Waals surface area contributed by atoms with E-state index in [4.69, 9.17) is 14.0 Å². The van der Waals surface area contributed by atoms with Gasteiger partial charge in [-0.15, -0.1) is 0 Å². The van der Waals surface area contributed by atoms with Crippen molar-refractivity contribution in [3.8, 4) is 5.75 Å². The highest BCUT2D eigenvalue weighted by Crippen LogP contribution is 2.15. The molecular formula is C18H17BBrNO5. The van der Waals surface area contributed by atoms with Gasteiger partial charge < -0.3 is 14.0 Å². The van der Waals surface area contributed by atoms with Gasteiger partial charge in [-0.2, -0.15) is 0 Å². The van der Waals surface area contributed by atoms with Crippen LogP contribution >= 0.6 is 15.9 Å². The third-order valence-electron chi connectivity index (χ3n) is 3.72. The normalized spacial score (nSPS) is 15.7. The quantitative estimate of drug-likeness (QED) is 0.706. The minimum absolute atomic E-state index is 0.0411. The van der Waals surface area contributed by atoms with Crippen LogP contribution < -0.4 is 10.2 Å². The molecule has 0 amide bonds. The van der Waals surface area contributed by atoms with Crippen LogP contribution in [0.5, 0.6) is 5.75 Å². The summed E-state index contributed by atoms with van der Waals surface area (Å²) in [5.74, 6) is -0.225. The maximum absolute atomic E-state index is 11.8. The number of ether oxygens (including phenoxy) is 1. The van der Waals surface area contributed by atoms with E-state index in [-0.39, 0.29) is 13.1 Å². The Morgan fingerprint density at radius 3 is 2.35 bits per heavy atom. The van der Waals surface area contributed by atoms with Gasteiger partial charge in [0.1, 0.15) is 12.4 Å². The van der Waals surface area contributed by atoms with E-state index in [1.54, 1.807) is 36.2 Å². The summed E-state index contributed by atoms with van der Waals surface area (Å²) < 4.78 is 17.2. The Hall–Kier alpha value is -2.32. The van der Waals surface area contributed by atoms with Crippen molar-refractivity contribution in [2.24, 2.45) is 0 Å². The Balaban J connectivity index is 1.64. The van der Waals surface area contributed by atoms with Crippen molar-refractivity contribution >= 4 is 40.4 Å². The highest BCUT2D eigenvalue weighted by Gasteiger charge is 2.33. The van der Waals surface area contributed by atoms with Gasteiger partial charge in [0.15, 0.2) is 0 Å². The Morgan fingerprint density at radius 1 is 1.08 bits per heavy atom. The van der Waals surface area contributed by atoms with Gasteiger partial charge in [0.05, 0.1) is 13.1 Å². The lowest BCUT2D eigenvalue weighted by Gasteiger charge is -2.22. The lowest BCUT2D eigenvalue weighted by atomic mass is 9.78. The first-order valence-corrected chi connectivity index (χ1v) is 8.83. The summed E-state index contributed by atoms with van der Waals surface area (Å²) in [5, 5.41) is 0. The Morgan fingerprint density at radius 2 is 1.73 bits per heavy atom. The van der Waals surface area contributed by atoms with Crippen LogP contribution in [-0.4, -0.2) is 44.1 Å². The van der Waals surface area contributed by atoms with Gasteiger partial charge in [-0.05, 0) is 36.9 Å². The van der Waals surface area contributed by atoms with Crippen molar-refractivity contribution in [2.75, 3.05) is 20.1 Å². The molecule has 1 aliphatic rings. The number of carbonyl (C=O) groups excluding carboxylic acids is 2. The molecule has 6 nitrogen and oxygen atoms in total. The molecule has 0 atom stereocenters. The van der Waals surface area contributed by atoms with Gasteiger partial charge in [-0.25, -0.2) is 0 Å². The van der Waals surface area contributed by atoms with Gasteiger partial charge in [-0.3, -0.25) is 14.5 Å². The van der Waals surface area contributed by atoms with Crippen LogP contribution in [0.15, 0.2) is 53.0 Å². The third-order valence-corrected chi connectivity index (χ3v) is 4.22. The molecule has 0 aliphatic carbocycles. The molecule has 3 rings (SSSR count). The Kier molecular flexibility index (Phi) is 5.95. The zero-order chi connectivity index (χ0) is 18.5. The summed E-state index contributed by atoms with van der Waals surface area (Å²) in [6.07, 6.45) is 0. The van der Waals surface area contributed by atoms with Gasteiger partial charge in [0.2, 0.25) is 0 Å². The molecule has 0 radical (unpaired) electrons. The standard InChI is InChI=1S/C18H17BBrNO5/c1-21-10-17(22)25-19(26-18(23)11-21)14-5-7-16(8-6-14)24-12-13-3-2-4-15(20)9-13/h2-9H,10-12H2,1H3. The maximum Gasteiger partial charge on any atom is 0.636 e. The van der Waals surface area contributed by atoms with E-state index in [2.05, 4.69) is 15.9 Å². The van der Waals surface area contributed by atoms with E-state index in [9.17, 15) is 9.59 Å². The first-order chi connectivity index (χ1) is 12.5. The number of rotatable bonds is 4. The number of carbonyl (C=O) groups is 2. The number of hydrogen-bond donors (Lipinski definition) is 0. The van der Waals surface area contributed by atoms with E-state index in [0.717, 1.165) is 10.0 Å². The zero-order valence-corrected chi connectivity index (χ0v) is 15.8. The smallest absolute Gasteiger partial charge is 0.494 e. The minimum Gasteiger partial charge on any atom is -0.494 e. The summed E-state index contributed by atoms with van der Waals surface area (Å²) in [4.78, 5) is 25.2. The molecule has 0 N–H and O–H groups in total. The molecule has 0 bridgehead atoms. The van der Waals surface area contributed by atoms with Gasteiger partial charge in [0, 0.05) is 9.94 Å². The van der Waals surface area contributed by atoms with Crippen molar-refractivity contribution in [3.05, 3.63) is 58.6 Å². The predicted molar refractivity (Wildman–Crippen MR) is 100.0 cm³/mol. The largest absolute Gasteiger partial charge is 0.636 e. The molecule has 2 aromatic carbocycles. The fourth-order valence-electron chi connectivity index (χ4n) is 2.48. The molecule has 26 heavy (non-hydrogen) atoms. The summed E-state index contributed by atoms with van der Waals surface area (Å²) in [7, 11) is 0.614. The van der Waals surface area contributed by atoms with Crippen molar-refractivity contribution < 1.29 is 23.6 Å². The molecule has 0 aromatic heterocycles. The number of likely N-dealkylation sites (N-methyl/N-ethyl adjacent to an activating group) is 1. The van der Waals surface area contributed by atoms with E-state index in [1.165, 1.54) is 0 Å². The number of halogens is 1. The van der Waals surface area contributed by atoms with Crippen molar-refractivity contribution in [1.82, 2.24) is 4.90 Å². The molecule has 0 spiro atoms. The average molecular weight is 418 g/mol. The second-order valence-electron chi connectivity index (χ2n) is 5.97. The van der Waals surface area contributed by atoms with Gasteiger partial charge >= 0.3 is 19.1 Å². The highest BCUT2D eigenvalue weighted by molar-refractivity contribution is 9.10. The van der Waals surface area contributed by atoms with E-state index in [1.807, 2.05) is 24.3 Å². The summed E-state index contributed by atoms with van der Waals surface area (Å²) in [6, 6.07) is 14.8. The van der Waals surface area contributed by atoms with Crippen molar-refractivity contribution in [2.45, 2.75) is 6.61 Å². The molecular weight excluding hydrogens is 401 g/mol. The molecule has 2 aromatic rings. The molecule has 1 fully saturated rings. The fourth-order valence-corrected chi connectivity index (χ4v) is 2.93. The second-order valence-corrected chi connectivity index (χ2v) is 6.89. The third kappa shape index (κ3) is 5.09. The fraction of sp³-hybridized carbons (Fsp3) is 0.222. The second kappa shape index (κ2) is 8.38. The topological polar surface area (TPSA) is 65.1 Å². The summed E-state index contributed by atoms with van der Waals surface area (Å²) >= 11 is 3.43. The average Bonchev–Trinajstić information content (AvgIpc) is 2.58. The molecule has 0 unspecified atom stereocenters. The number of benzene rings is 2. The van der Waals surface area contributed by atoms with Crippen LogP contribution in [0.2, 0.25) is 0 Å². The molecule has 1 heterocycles. The van der Waals surface area contributed by atoms with Crippen LogP contribution in [0.25, 0.3) is 0 Å². The predicted octanol–water partition coefficient (Wildman–Crippen LogP) is 1.76. The first-order valence-electron chi connectivity index (χ1n) is 8.04.